The zero-order valence-electron chi connectivity index (χ0n) is 18.2. The third kappa shape index (κ3) is 5.02. The summed E-state index contributed by atoms with van der Waals surface area (Å²) >= 11 is 7.29. The molecule has 4 rings (SSSR count). The zero-order chi connectivity index (χ0) is 23.5. The molecular formula is C26H22ClFN2O2S. The first-order valence-corrected chi connectivity index (χ1v) is 12.0. The molecule has 7 heteroatoms. The van der Waals surface area contributed by atoms with E-state index >= 15 is 0 Å². The summed E-state index contributed by atoms with van der Waals surface area (Å²) in [5.74, 6) is -0.120. The van der Waals surface area contributed by atoms with E-state index in [1.165, 1.54) is 34.4 Å². The second kappa shape index (κ2) is 9.89. The number of benzene rings is 3. The van der Waals surface area contributed by atoms with Crippen molar-refractivity contribution in [3.8, 4) is 5.69 Å². The van der Waals surface area contributed by atoms with Gasteiger partial charge in [0, 0.05) is 10.6 Å². The molecule has 33 heavy (non-hydrogen) atoms. The van der Waals surface area contributed by atoms with Gasteiger partial charge in [-0.3, -0.25) is 14.2 Å². The fraction of sp³-hybridized carbons (Fsp3) is 0.192. The van der Waals surface area contributed by atoms with Crippen molar-refractivity contribution in [2.24, 2.45) is 0 Å². The van der Waals surface area contributed by atoms with E-state index in [1.54, 1.807) is 18.2 Å². The molecule has 0 aliphatic heterocycles. The summed E-state index contributed by atoms with van der Waals surface area (Å²) in [6.45, 7) is 4.29. The maximum atomic E-state index is 13.4. The van der Waals surface area contributed by atoms with Gasteiger partial charge in [0.15, 0.2) is 10.9 Å². The molecule has 0 radical (unpaired) electrons. The number of carbonyl (C=O) groups is 1. The van der Waals surface area contributed by atoms with Crippen molar-refractivity contribution in [2.75, 3.05) is 5.75 Å². The Hall–Kier alpha value is -2.96. The standard InChI is InChI=1S/C26H22ClFN2O2S/c1-3-16(2)17-6-11-21(12-7-17)30-25(32)22-13-8-19(27)14-23(22)29-26(30)33-15-24(31)18-4-9-20(28)10-5-18/h4-14,16H,3,15H2,1-2H3. The van der Waals surface area contributed by atoms with Crippen molar-refractivity contribution in [1.29, 1.82) is 0 Å². The maximum absolute atomic E-state index is 13.4. The monoisotopic (exact) mass is 480 g/mol. The number of fused-ring (bicyclic) bond motifs is 1. The molecule has 168 valence electrons. The summed E-state index contributed by atoms with van der Waals surface area (Å²) in [7, 11) is 0. The van der Waals surface area contributed by atoms with Crippen molar-refractivity contribution in [3.05, 3.63) is 99.1 Å². The topological polar surface area (TPSA) is 52.0 Å². The van der Waals surface area contributed by atoms with Crippen LogP contribution < -0.4 is 5.56 Å². The lowest BCUT2D eigenvalue weighted by atomic mass is 9.98. The minimum Gasteiger partial charge on any atom is -0.293 e. The number of aromatic nitrogens is 2. The molecule has 0 aliphatic carbocycles. The van der Waals surface area contributed by atoms with Gasteiger partial charge in [-0.05, 0) is 72.5 Å². The Bertz CT molecular complexity index is 1370. The number of carbonyl (C=O) groups excluding carboxylic acids is 1. The molecule has 0 fully saturated rings. The van der Waals surface area contributed by atoms with Gasteiger partial charge in [0.2, 0.25) is 0 Å². The Balaban J connectivity index is 1.75. The van der Waals surface area contributed by atoms with E-state index in [9.17, 15) is 14.0 Å². The van der Waals surface area contributed by atoms with Gasteiger partial charge in [-0.15, -0.1) is 0 Å². The van der Waals surface area contributed by atoms with Gasteiger partial charge in [-0.25, -0.2) is 9.37 Å². The molecule has 3 aromatic carbocycles. The second-order valence-electron chi connectivity index (χ2n) is 7.82. The number of hydrogen-bond donors (Lipinski definition) is 0. The SMILES string of the molecule is CCC(C)c1ccc(-n2c(SCC(=O)c3ccc(F)cc3)nc3cc(Cl)ccc3c2=O)cc1. The first-order chi connectivity index (χ1) is 15.9. The van der Waals surface area contributed by atoms with Gasteiger partial charge >= 0.3 is 0 Å². The van der Waals surface area contributed by atoms with E-state index in [0.717, 1.165) is 18.2 Å². The number of nitrogens with zero attached hydrogens (tertiary/aromatic N) is 2. The number of rotatable bonds is 7. The summed E-state index contributed by atoms with van der Waals surface area (Å²) in [5.41, 5.74) is 2.50. The van der Waals surface area contributed by atoms with Crippen molar-refractivity contribution in [3.63, 3.8) is 0 Å². The van der Waals surface area contributed by atoms with E-state index in [-0.39, 0.29) is 17.1 Å². The molecule has 0 saturated carbocycles. The average Bonchev–Trinajstić information content (AvgIpc) is 2.82. The largest absolute Gasteiger partial charge is 0.293 e. The molecule has 1 unspecified atom stereocenters. The highest BCUT2D eigenvalue weighted by atomic mass is 35.5. The number of thioether (sulfide) groups is 1. The minimum atomic E-state index is -0.401. The predicted molar refractivity (Wildman–Crippen MR) is 133 cm³/mol. The fourth-order valence-corrected chi connectivity index (χ4v) is 4.57. The highest BCUT2D eigenvalue weighted by Gasteiger charge is 2.16. The number of Topliss-reactive ketones (excluding diaryl/α,β-unsaturated/α-hetero) is 1. The third-order valence-corrected chi connectivity index (χ3v) is 6.81. The lowest BCUT2D eigenvalue weighted by Gasteiger charge is -2.15. The minimum absolute atomic E-state index is 0.0507. The Kier molecular flexibility index (Phi) is 6.96. The molecule has 1 atom stereocenters. The molecule has 0 amide bonds. The second-order valence-corrected chi connectivity index (χ2v) is 9.19. The highest BCUT2D eigenvalue weighted by molar-refractivity contribution is 7.99. The van der Waals surface area contributed by atoms with Crippen LogP contribution in [0.1, 0.15) is 42.1 Å². The number of ketones is 1. The Morgan fingerprint density at radius 1 is 1.09 bits per heavy atom. The molecule has 1 aromatic heterocycles. The molecule has 0 saturated heterocycles. The molecule has 4 aromatic rings. The Labute approximate surface area is 200 Å². The predicted octanol–water partition coefficient (Wildman–Crippen LogP) is 6.67. The molecule has 0 aliphatic rings. The lowest BCUT2D eigenvalue weighted by Crippen LogP contribution is -2.22. The van der Waals surface area contributed by atoms with Crippen LogP contribution in [0.15, 0.2) is 76.7 Å². The number of halogens is 2. The van der Waals surface area contributed by atoms with Crippen LogP contribution in [-0.4, -0.2) is 21.1 Å². The van der Waals surface area contributed by atoms with Crippen LogP contribution in [-0.2, 0) is 0 Å². The fourth-order valence-electron chi connectivity index (χ4n) is 3.50. The average molecular weight is 481 g/mol. The van der Waals surface area contributed by atoms with E-state index in [2.05, 4.69) is 18.8 Å². The third-order valence-electron chi connectivity index (χ3n) is 5.63. The van der Waals surface area contributed by atoms with Crippen LogP contribution in [0, 0.1) is 5.82 Å². The first-order valence-electron chi connectivity index (χ1n) is 10.6. The van der Waals surface area contributed by atoms with Gasteiger partial charge in [0.05, 0.1) is 22.3 Å². The van der Waals surface area contributed by atoms with Gasteiger partial charge in [0.1, 0.15) is 5.82 Å². The van der Waals surface area contributed by atoms with Crippen molar-refractivity contribution < 1.29 is 9.18 Å². The van der Waals surface area contributed by atoms with Crippen molar-refractivity contribution in [1.82, 2.24) is 9.55 Å². The van der Waals surface area contributed by atoms with Crippen molar-refractivity contribution in [2.45, 2.75) is 31.3 Å². The van der Waals surface area contributed by atoms with Gasteiger partial charge < -0.3 is 0 Å². The highest BCUT2D eigenvalue weighted by Crippen LogP contribution is 2.25. The molecule has 1 heterocycles. The van der Waals surface area contributed by atoms with Gasteiger partial charge in [-0.1, -0.05) is 49.3 Å². The summed E-state index contributed by atoms with van der Waals surface area (Å²) in [6.07, 6.45) is 1.02. The van der Waals surface area contributed by atoms with E-state index in [0.29, 0.717) is 38.3 Å². The van der Waals surface area contributed by atoms with Gasteiger partial charge in [0.25, 0.3) is 5.56 Å². The van der Waals surface area contributed by atoms with Crippen LogP contribution in [0.25, 0.3) is 16.6 Å². The summed E-state index contributed by atoms with van der Waals surface area (Å²) in [6, 6.07) is 18.2. The van der Waals surface area contributed by atoms with Crippen LogP contribution in [0.3, 0.4) is 0 Å². The normalized spacial score (nSPS) is 12.1. The Morgan fingerprint density at radius 2 is 1.79 bits per heavy atom. The quantitative estimate of drug-likeness (QED) is 0.168. The maximum Gasteiger partial charge on any atom is 0.266 e. The van der Waals surface area contributed by atoms with Gasteiger partial charge in [-0.2, -0.15) is 0 Å². The Morgan fingerprint density at radius 3 is 2.45 bits per heavy atom. The summed E-state index contributed by atoms with van der Waals surface area (Å²) < 4.78 is 14.7. The first kappa shape index (κ1) is 23.2. The van der Waals surface area contributed by atoms with Crippen LogP contribution >= 0.6 is 23.4 Å². The molecule has 0 spiro atoms. The number of hydrogen-bond acceptors (Lipinski definition) is 4. The molecule has 0 N–H and O–H groups in total. The lowest BCUT2D eigenvalue weighted by molar-refractivity contribution is 0.102. The van der Waals surface area contributed by atoms with Crippen LogP contribution in [0.4, 0.5) is 4.39 Å². The molecular weight excluding hydrogens is 459 g/mol. The van der Waals surface area contributed by atoms with Crippen molar-refractivity contribution >= 4 is 40.0 Å². The van der Waals surface area contributed by atoms with E-state index in [4.69, 9.17) is 11.6 Å². The van der Waals surface area contributed by atoms with E-state index < -0.39 is 5.82 Å². The van der Waals surface area contributed by atoms with Crippen LogP contribution in [0.5, 0.6) is 0 Å². The molecule has 4 nitrogen and oxygen atoms in total. The zero-order valence-corrected chi connectivity index (χ0v) is 19.8. The van der Waals surface area contributed by atoms with Crippen LogP contribution in [0.2, 0.25) is 5.02 Å². The summed E-state index contributed by atoms with van der Waals surface area (Å²) in [5, 5.41) is 1.31. The smallest absolute Gasteiger partial charge is 0.266 e. The summed E-state index contributed by atoms with van der Waals surface area (Å²) in [4.78, 5) is 30.7. The molecule has 0 bridgehead atoms. The van der Waals surface area contributed by atoms with E-state index in [1.807, 2.05) is 24.3 Å².